The molecule has 9 aromatic carbocycles. The molecule has 0 aliphatic heterocycles. The van der Waals surface area contributed by atoms with Gasteiger partial charge in [-0.1, -0.05) is 137 Å². The maximum Gasteiger partial charge on any atom is 0.215 e. The minimum atomic E-state index is 0.973. The van der Waals surface area contributed by atoms with Gasteiger partial charge < -0.3 is 18.0 Å². The monoisotopic (exact) mass is 928 g/mol. The van der Waals surface area contributed by atoms with Crippen LogP contribution in [0.15, 0.2) is 191 Å². The number of hydrogen-bond acceptors (Lipinski definition) is 3. The van der Waals surface area contributed by atoms with Crippen LogP contribution in [0.3, 0.4) is 0 Å². The second-order valence-corrected chi connectivity index (χ2v) is 19.2. The van der Waals surface area contributed by atoms with E-state index in [4.69, 9.17) is 13.8 Å². The summed E-state index contributed by atoms with van der Waals surface area (Å²) in [7, 11) is 4.19. The average molecular weight is 929 g/mol. The summed E-state index contributed by atoms with van der Waals surface area (Å²) in [6.45, 7) is 16.9. The molecule has 14 aromatic rings. The summed E-state index contributed by atoms with van der Waals surface area (Å²) in [6, 6.07) is 63.6. The van der Waals surface area contributed by atoms with Gasteiger partial charge in [-0.25, -0.2) is 4.98 Å². The molecule has 0 aliphatic rings. The molecule has 71 heavy (non-hydrogen) atoms. The van der Waals surface area contributed by atoms with Crippen LogP contribution in [0, 0.1) is 55.4 Å². The molecule has 0 atom stereocenters. The molecule has 6 nitrogen and oxygen atoms in total. The highest BCUT2D eigenvalue weighted by Crippen LogP contribution is 2.33. The van der Waals surface area contributed by atoms with Gasteiger partial charge in [0.1, 0.15) is 22.3 Å². The van der Waals surface area contributed by atoms with Crippen molar-refractivity contribution in [3.8, 4) is 0 Å². The number of nitrogens with zero attached hydrogens (tertiary/aromatic N) is 4. The molecule has 0 aliphatic carbocycles. The van der Waals surface area contributed by atoms with Crippen molar-refractivity contribution in [3.05, 3.63) is 226 Å². The highest BCUT2D eigenvalue weighted by atomic mass is 16.3. The summed E-state index contributed by atoms with van der Waals surface area (Å²) in [5.41, 5.74) is 21.5. The number of aromatic nitrogens is 4. The lowest BCUT2D eigenvalue weighted by Crippen LogP contribution is -1.87. The Kier molecular flexibility index (Phi) is 12.5. The summed E-state index contributed by atoms with van der Waals surface area (Å²) in [4.78, 5) is 4.71. The molecule has 14 rings (SSSR count). The fraction of sp³-hybridized carbons (Fsp3) is 0.154. The molecule has 0 amide bonds. The molecule has 5 heterocycles. The Morgan fingerprint density at radius 3 is 1.41 bits per heavy atom. The number of aryl methyl sites for hydroxylation is 10. The van der Waals surface area contributed by atoms with Gasteiger partial charge in [-0.3, -0.25) is 4.40 Å². The van der Waals surface area contributed by atoms with Crippen LogP contribution in [0.4, 0.5) is 0 Å². The van der Waals surface area contributed by atoms with Gasteiger partial charge in [-0.2, -0.15) is 0 Å². The van der Waals surface area contributed by atoms with Crippen LogP contribution in [0.25, 0.3) is 93.5 Å². The van der Waals surface area contributed by atoms with E-state index in [2.05, 4.69) is 241 Å². The van der Waals surface area contributed by atoms with Crippen molar-refractivity contribution in [2.45, 2.75) is 55.4 Å². The average Bonchev–Trinajstić information content (AvgIpc) is 4.16. The first-order chi connectivity index (χ1) is 34.3. The first-order valence-electron chi connectivity index (χ1n) is 24.4. The van der Waals surface area contributed by atoms with Gasteiger partial charge in [-0.15, -0.1) is 0 Å². The first-order valence-corrected chi connectivity index (χ1v) is 24.4. The topological polar surface area (TPSA) is 53.4 Å². The van der Waals surface area contributed by atoms with E-state index in [-0.39, 0.29) is 0 Å². The van der Waals surface area contributed by atoms with Crippen LogP contribution >= 0.6 is 0 Å². The Labute approximate surface area is 415 Å². The molecule has 0 bridgehead atoms. The van der Waals surface area contributed by atoms with E-state index in [9.17, 15) is 0 Å². The molecule has 0 saturated heterocycles. The van der Waals surface area contributed by atoms with Gasteiger partial charge in [0.05, 0.1) is 22.1 Å². The number of para-hydroxylation sites is 4. The third kappa shape index (κ3) is 9.17. The number of fused-ring (bicyclic) bond motifs is 14. The van der Waals surface area contributed by atoms with Crippen molar-refractivity contribution < 1.29 is 8.83 Å². The van der Waals surface area contributed by atoms with E-state index in [0.717, 1.165) is 33.6 Å². The lowest BCUT2D eigenvalue weighted by molar-refractivity contribution is 0.665. The van der Waals surface area contributed by atoms with Crippen LogP contribution in [-0.4, -0.2) is 18.5 Å². The number of rotatable bonds is 0. The third-order valence-electron chi connectivity index (χ3n) is 13.4. The molecule has 6 heteroatoms. The zero-order chi connectivity index (χ0) is 49.5. The van der Waals surface area contributed by atoms with E-state index < -0.39 is 0 Å². The third-order valence-corrected chi connectivity index (χ3v) is 13.4. The van der Waals surface area contributed by atoms with E-state index in [1.54, 1.807) is 0 Å². The van der Waals surface area contributed by atoms with E-state index in [1.807, 2.05) is 24.3 Å². The van der Waals surface area contributed by atoms with Crippen molar-refractivity contribution in [3.63, 3.8) is 0 Å². The molecule has 0 spiro atoms. The van der Waals surface area contributed by atoms with Crippen molar-refractivity contribution in [1.29, 1.82) is 0 Å². The Bertz CT molecular complexity index is 4150. The number of benzene rings is 9. The lowest BCUT2D eigenvalue weighted by Gasteiger charge is -1.97. The van der Waals surface area contributed by atoms with Crippen molar-refractivity contribution >= 4 is 93.5 Å². The van der Waals surface area contributed by atoms with Crippen LogP contribution in [0.1, 0.15) is 44.5 Å². The molecule has 352 valence electrons. The fourth-order valence-electron chi connectivity index (χ4n) is 9.83. The number of hydrogen-bond donors (Lipinski definition) is 0. The number of imidazole rings is 2. The van der Waals surface area contributed by atoms with Gasteiger partial charge >= 0.3 is 0 Å². The normalized spacial score (nSPS) is 11.2. The minimum Gasteiger partial charge on any atom is -0.456 e. The summed E-state index contributed by atoms with van der Waals surface area (Å²) >= 11 is 0. The van der Waals surface area contributed by atoms with Gasteiger partial charge in [0.2, 0.25) is 5.78 Å². The standard InChI is InChI=1S/C15H13N3.C14H13N.2C14H12O.C8H10/c1-10-7-8-13-14(9-10)18-12-6-4-3-5-11(12)16-15(18)17(13)2;1-10-7-8-14-12(9-10)11-5-3-4-6-13(11)15(14)2;1-9-3-5-13-11(7-9)12-8-10(2)4-6-14(12)15-13;1-9-6-7-13-12(8-9)11-5-3-4-10(2)14(11)15-13;1-7-4-3-5-8(2)6-7/h3-9H,1-2H3;3-9H,1-2H3;2*3-8H,1-2H3;3-6H,1-2H3. The first kappa shape index (κ1) is 46.4. The fourth-order valence-corrected chi connectivity index (χ4v) is 9.83. The minimum absolute atomic E-state index is 0.973. The van der Waals surface area contributed by atoms with Crippen molar-refractivity contribution in [2.75, 3.05) is 0 Å². The Morgan fingerprint density at radius 1 is 0.324 bits per heavy atom. The second kappa shape index (κ2) is 19.2. The summed E-state index contributed by atoms with van der Waals surface area (Å²) in [6.07, 6.45) is 0. The van der Waals surface area contributed by atoms with Gasteiger partial charge in [0, 0.05) is 57.4 Å². The van der Waals surface area contributed by atoms with Crippen LogP contribution in [-0.2, 0) is 14.1 Å². The maximum absolute atomic E-state index is 5.84. The van der Waals surface area contributed by atoms with Crippen LogP contribution in [0.5, 0.6) is 0 Å². The van der Waals surface area contributed by atoms with Crippen molar-refractivity contribution in [1.82, 2.24) is 18.5 Å². The zero-order valence-corrected chi connectivity index (χ0v) is 42.4. The second-order valence-electron chi connectivity index (χ2n) is 19.2. The molecule has 0 fully saturated rings. The number of furan rings is 2. The predicted octanol–water partition coefficient (Wildman–Crippen LogP) is 17.6. The molecule has 0 unspecified atom stereocenters. The summed E-state index contributed by atoms with van der Waals surface area (Å²) in [5.74, 6) is 0.997. The van der Waals surface area contributed by atoms with E-state index >= 15 is 0 Å². The largest absolute Gasteiger partial charge is 0.456 e. The van der Waals surface area contributed by atoms with E-state index in [0.29, 0.717) is 0 Å². The van der Waals surface area contributed by atoms with Gasteiger partial charge in [0.15, 0.2) is 0 Å². The highest BCUT2D eigenvalue weighted by molar-refractivity contribution is 6.09. The predicted molar refractivity (Wildman–Crippen MR) is 301 cm³/mol. The Hall–Kier alpha value is -8.35. The quantitative estimate of drug-likeness (QED) is 0.152. The lowest BCUT2D eigenvalue weighted by atomic mass is 10.1. The molecule has 0 radical (unpaired) electrons. The Balaban J connectivity index is 0.000000104. The molecular weight excluding hydrogens is 869 g/mol. The Morgan fingerprint density at radius 2 is 0.789 bits per heavy atom. The molecule has 0 N–H and O–H groups in total. The van der Waals surface area contributed by atoms with Crippen LogP contribution in [0.2, 0.25) is 0 Å². The molecule has 5 aromatic heterocycles. The maximum atomic E-state index is 5.84. The van der Waals surface area contributed by atoms with Gasteiger partial charge in [0.25, 0.3) is 0 Å². The summed E-state index contributed by atoms with van der Waals surface area (Å²) in [5, 5.41) is 7.57. The van der Waals surface area contributed by atoms with Gasteiger partial charge in [-0.05, 0) is 145 Å². The van der Waals surface area contributed by atoms with E-state index in [1.165, 1.54) is 104 Å². The zero-order valence-electron chi connectivity index (χ0n) is 42.4. The smallest absolute Gasteiger partial charge is 0.215 e. The SMILES string of the molecule is Cc1ccc2c(c1)c1ccccc1n2C.Cc1ccc2c(c1)n1c3ccccc3nc1n2C.Cc1ccc2oc3c(C)cccc3c2c1.Cc1ccc2oc3ccc(C)cc3c2c1.Cc1cccc(C)c1. The molecule has 0 saturated carbocycles. The van der Waals surface area contributed by atoms with Crippen molar-refractivity contribution in [2.24, 2.45) is 14.1 Å². The molecular formula is C65H60N4O2. The van der Waals surface area contributed by atoms with Crippen LogP contribution < -0.4 is 0 Å². The highest BCUT2D eigenvalue weighted by Gasteiger charge is 2.14. The summed E-state index contributed by atoms with van der Waals surface area (Å²) < 4.78 is 18.2.